The normalized spacial score (nSPS) is 16.1. The first-order chi connectivity index (χ1) is 12.5. The fourth-order valence-corrected chi connectivity index (χ4v) is 4.34. The second-order valence-corrected chi connectivity index (χ2v) is 7.96. The number of hydrogen-bond acceptors (Lipinski definition) is 5. The van der Waals surface area contributed by atoms with Crippen molar-refractivity contribution in [2.24, 2.45) is 0 Å². The lowest BCUT2D eigenvalue weighted by Gasteiger charge is -2.12. The van der Waals surface area contributed by atoms with Crippen LogP contribution < -0.4 is 4.74 Å². The van der Waals surface area contributed by atoms with E-state index in [1.165, 1.54) is 5.56 Å². The molecule has 1 aliphatic carbocycles. The van der Waals surface area contributed by atoms with E-state index in [0.717, 1.165) is 50.9 Å². The van der Waals surface area contributed by atoms with Gasteiger partial charge >= 0.3 is 0 Å². The van der Waals surface area contributed by atoms with Crippen molar-refractivity contribution >= 4 is 11.3 Å². The third kappa shape index (κ3) is 3.13. The molecule has 4 nitrogen and oxygen atoms in total. The lowest BCUT2D eigenvalue weighted by atomic mass is 10.0. The highest BCUT2D eigenvalue weighted by Crippen LogP contribution is 2.40. The lowest BCUT2D eigenvalue weighted by Crippen LogP contribution is -2.06. The Hall–Kier alpha value is -2.24. The van der Waals surface area contributed by atoms with Gasteiger partial charge in [-0.15, -0.1) is 10.2 Å². The minimum atomic E-state index is -0.353. The van der Waals surface area contributed by atoms with E-state index >= 15 is 0 Å². The number of aliphatic hydroxyl groups excluding tert-OH is 1. The van der Waals surface area contributed by atoms with Crippen LogP contribution in [0.5, 0.6) is 5.75 Å². The van der Waals surface area contributed by atoms with Crippen molar-refractivity contribution in [3.8, 4) is 26.9 Å². The molecule has 0 spiro atoms. The van der Waals surface area contributed by atoms with Gasteiger partial charge in [-0.2, -0.15) is 0 Å². The third-order valence-electron chi connectivity index (χ3n) is 4.68. The van der Waals surface area contributed by atoms with Crippen molar-refractivity contribution in [1.82, 2.24) is 10.2 Å². The largest absolute Gasteiger partial charge is 0.491 e. The molecule has 1 atom stereocenters. The number of aromatic nitrogens is 2. The molecule has 0 saturated carbocycles. The Morgan fingerprint density at radius 1 is 1.15 bits per heavy atom. The summed E-state index contributed by atoms with van der Waals surface area (Å²) in [5.41, 5.74) is 5.48. The Labute approximate surface area is 157 Å². The predicted octanol–water partition coefficient (Wildman–Crippen LogP) is 4.95. The van der Waals surface area contributed by atoms with Crippen LogP contribution in [0.1, 0.15) is 43.1 Å². The van der Waals surface area contributed by atoms with Crippen molar-refractivity contribution < 1.29 is 9.84 Å². The maximum absolute atomic E-state index is 10.1. The Balaban J connectivity index is 1.67. The molecule has 0 radical (unpaired) electrons. The first-order valence-electron chi connectivity index (χ1n) is 8.94. The van der Waals surface area contributed by atoms with Gasteiger partial charge in [0, 0.05) is 11.1 Å². The Morgan fingerprint density at radius 3 is 2.73 bits per heavy atom. The second-order valence-electron chi connectivity index (χ2n) is 6.99. The summed E-state index contributed by atoms with van der Waals surface area (Å²) in [7, 11) is 0. The van der Waals surface area contributed by atoms with Crippen LogP contribution in [0.4, 0.5) is 0 Å². The quantitative estimate of drug-likeness (QED) is 0.710. The highest BCUT2D eigenvalue weighted by molar-refractivity contribution is 7.17. The highest BCUT2D eigenvalue weighted by atomic mass is 32.1. The van der Waals surface area contributed by atoms with Gasteiger partial charge in [0.2, 0.25) is 0 Å². The molecule has 0 saturated heterocycles. The molecule has 3 aromatic rings. The van der Waals surface area contributed by atoms with Crippen LogP contribution in [0.2, 0.25) is 0 Å². The Bertz CT molecular complexity index is 949. The molecule has 2 aromatic carbocycles. The van der Waals surface area contributed by atoms with E-state index in [-0.39, 0.29) is 12.2 Å². The maximum atomic E-state index is 10.1. The molecule has 134 valence electrons. The van der Waals surface area contributed by atoms with Gasteiger partial charge in [0.15, 0.2) is 0 Å². The Morgan fingerprint density at radius 2 is 1.96 bits per heavy atom. The molecule has 0 fully saturated rings. The first kappa shape index (κ1) is 17.2. The molecular weight excluding hydrogens is 344 g/mol. The van der Waals surface area contributed by atoms with Crippen LogP contribution in [0.3, 0.4) is 0 Å². The van der Waals surface area contributed by atoms with Gasteiger partial charge in [-0.3, -0.25) is 0 Å². The molecule has 5 heteroatoms. The average molecular weight is 366 g/mol. The summed E-state index contributed by atoms with van der Waals surface area (Å²) < 4.78 is 5.81. The standard InChI is InChI=1S/C21H22N2O2S/c1-12(2)25-19-10-7-14(11-13(19)3)20-22-23-21(26-20)17-6-4-5-16-15(17)8-9-18(16)24/h4-7,10-12,18,24H,8-9H2,1-3H3/t18-/m0/s1. The van der Waals surface area contributed by atoms with Crippen molar-refractivity contribution in [2.45, 2.75) is 45.8 Å². The van der Waals surface area contributed by atoms with Crippen LogP contribution in [0, 0.1) is 6.92 Å². The van der Waals surface area contributed by atoms with Gasteiger partial charge in [0.25, 0.3) is 0 Å². The van der Waals surface area contributed by atoms with Crippen LogP contribution in [0.15, 0.2) is 36.4 Å². The molecule has 1 aromatic heterocycles. The van der Waals surface area contributed by atoms with Crippen molar-refractivity contribution in [3.63, 3.8) is 0 Å². The fraction of sp³-hybridized carbons (Fsp3) is 0.333. The monoisotopic (exact) mass is 366 g/mol. The smallest absolute Gasteiger partial charge is 0.148 e. The number of benzene rings is 2. The summed E-state index contributed by atoms with van der Waals surface area (Å²) in [5.74, 6) is 0.906. The molecule has 1 aliphatic rings. The number of aryl methyl sites for hydroxylation is 1. The predicted molar refractivity (Wildman–Crippen MR) is 105 cm³/mol. The topological polar surface area (TPSA) is 55.2 Å². The van der Waals surface area contributed by atoms with E-state index in [1.807, 2.05) is 38.1 Å². The van der Waals surface area contributed by atoms with Crippen LogP contribution >= 0.6 is 11.3 Å². The van der Waals surface area contributed by atoms with Gasteiger partial charge in [-0.25, -0.2) is 0 Å². The number of rotatable bonds is 4. The maximum Gasteiger partial charge on any atom is 0.148 e. The van der Waals surface area contributed by atoms with Gasteiger partial charge < -0.3 is 9.84 Å². The molecule has 0 aliphatic heterocycles. The molecular formula is C21H22N2O2S. The molecule has 4 rings (SSSR count). The van der Waals surface area contributed by atoms with E-state index < -0.39 is 0 Å². The van der Waals surface area contributed by atoms with Crippen LogP contribution in [-0.4, -0.2) is 21.4 Å². The molecule has 0 amide bonds. The lowest BCUT2D eigenvalue weighted by molar-refractivity contribution is 0.180. The molecule has 26 heavy (non-hydrogen) atoms. The number of aliphatic hydroxyl groups is 1. The number of hydrogen-bond donors (Lipinski definition) is 1. The molecule has 0 bridgehead atoms. The highest BCUT2D eigenvalue weighted by Gasteiger charge is 2.24. The number of nitrogens with zero attached hydrogens (tertiary/aromatic N) is 2. The summed E-state index contributed by atoms with van der Waals surface area (Å²) in [6, 6.07) is 12.2. The SMILES string of the molecule is Cc1cc(-c2nnc(-c3cccc4c3CC[C@@H]4O)s2)ccc1OC(C)C. The number of ether oxygens (including phenoxy) is 1. The summed E-state index contributed by atoms with van der Waals surface area (Å²) >= 11 is 1.59. The average Bonchev–Trinajstić information content (AvgIpc) is 3.24. The zero-order chi connectivity index (χ0) is 18.3. The zero-order valence-electron chi connectivity index (χ0n) is 15.2. The molecule has 0 unspecified atom stereocenters. The van der Waals surface area contributed by atoms with E-state index in [2.05, 4.69) is 29.3 Å². The van der Waals surface area contributed by atoms with Gasteiger partial charge in [0.1, 0.15) is 15.8 Å². The zero-order valence-corrected chi connectivity index (χ0v) is 16.0. The number of fused-ring (bicyclic) bond motifs is 1. The van der Waals surface area contributed by atoms with E-state index in [1.54, 1.807) is 11.3 Å². The van der Waals surface area contributed by atoms with Gasteiger partial charge in [-0.1, -0.05) is 29.5 Å². The van der Waals surface area contributed by atoms with Gasteiger partial charge in [-0.05, 0) is 68.5 Å². The molecule has 1 heterocycles. The first-order valence-corrected chi connectivity index (χ1v) is 9.76. The summed E-state index contributed by atoms with van der Waals surface area (Å²) in [6.07, 6.45) is 1.48. The summed E-state index contributed by atoms with van der Waals surface area (Å²) in [5, 5.41) is 20.7. The Kier molecular flexibility index (Phi) is 4.51. The second kappa shape index (κ2) is 6.82. The fourth-order valence-electron chi connectivity index (χ4n) is 3.45. The van der Waals surface area contributed by atoms with Crippen LogP contribution in [-0.2, 0) is 6.42 Å². The van der Waals surface area contributed by atoms with E-state index in [9.17, 15) is 5.11 Å². The van der Waals surface area contributed by atoms with E-state index in [0.29, 0.717) is 0 Å². The van der Waals surface area contributed by atoms with Crippen LogP contribution in [0.25, 0.3) is 21.1 Å². The van der Waals surface area contributed by atoms with Gasteiger partial charge in [0.05, 0.1) is 12.2 Å². The van der Waals surface area contributed by atoms with Crippen molar-refractivity contribution in [1.29, 1.82) is 0 Å². The van der Waals surface area contributed by atoms with Crippen molar-refractivity contribution in [2.75, 3.05) is 0 Å². The van der Waals surface area contributed by atoms with Crippen molar-refractivity contribution in [3.05, 3.63) is 53.1 Å². The third-order valence-corrected chi connectivity index (χ3v) is 5.68. The molecule has 1 N–H and O–H groups in total. The summed E-state index contributed by atoms with van der Waals surface area (Å²) in [6.45, 7) is 6.11. The van der Waals surface area contributed by atoms with E-state index in [4.69, 9.17) is 4.74 Å². The minimum absolute atomic E-state index is 0.156. The summed E-state index contributed by atoms with van der Waals surface area (Å²) in [4.78, 5) is 0. The minimum Gasteiger partial charge on any atom is -0.491 e.